The zero-order valence-electron chi connectivity index (χ0n) is 9.76. The van der Waals surface area contributed by atoms with Gasteiger partial charge in [0, 0.05) is 12.6 Å². The summed E-state index contributed by atoms with van der Waals surface area (Å²) in [7, 11) is 0. The van der Waals surface area contributed by atoms with E-state index in [1.807, 2.05) is 24.4 Å². The van der Waals surface area contributed by atoms with Gasteiger partial charge in [-0.15, -0.1) is 11.3 Å². The SMILES string of the molecule is CC1CCC(C(N)=O)CN1C(=O)c1cccs1. The van der Waals surface area contributed by atoms with Gasteiger partial charge < -0.3 is 10.6 Å². The Labute approximate surface area is 104 Å². The van der Waals surface area contributed by atoms with Gasteiger partial charge in [0.1, 0.15) is 0 Å². The minimum atomic E-state index is -0.305. The largest absolute Gasteiger partial charge is 0.369 e. The Morgan fingerprint density at radius 2 is 2.24 bits per heavy atom. The first-order valence-electron chi connectivity index (χ1n) is 5.73. The van der Waals surface area contributed by atoms with Crippen LogP contribution in [0.5, 0.6) is 0 Å². The third kappa shape index (κ3) is 2.49. The molecule has 2 rings (SSSR count). The Balaban J connectivity index is 2.13. The third-order valence-corrected chi connectivity index (χ3v) is 4.14. The molecule has 2 atom stereocenters. The smallest absolute Gasteiger partial charge is 0.264 e. The molecule has 0 aromatic carbocycles. The van der Waals surface area contributed by atoms with Gasteiger partial charge in [-0.3, -0.25) is 9.59 Å². The number of thiophene rings is 1. The van der Waals surface area contributed by atoms with Gasteiger partial charge in [-0.1, -0.05) is 6.07 Å². The molecule has 1 aromatic rings. The summed E-state index contributed by atoms with van der Waals surface area (Å²) in [4.78, 5) is 25.9. The molecule has 2 heterocycles. The first-order chi connectivity index (χ1) is 8.09. The van der Waals surface area contributed by atoms with Crippen molar-refractivity contribution >= 4 is 23.2 Å². The first-order valence-corrected chi connectivity index (χ1v) is 6.61. The highest BCUT2D eigenvalue weighted by atomic mass is 32.1. The summed E-state index contributed by atoms with van der Waals surface area (Å²) in [6.45, 7) is 2.47. The lowest BCUT2D eigenvalue weighted by Gasteiger charge is -2.36. The third-order valence-electron chi connectivity index (χ3n) is 3.28. The van der Waals surface area contributed by atoms with Gasteiger partial charge in [-0.2, -0.15) is 0 Å². The zero-order chi connectivity index (χ0) is 12.4. The van der Waals surface area contributed by atoms with Gasteiger partial charge in [0.2, 0.25) is 5.91 Å². The molecule has 4 nitrogen and oxygen atoms in total. The molecule has 0 aliphatic carbocycles. The number of amides is 2. The fourth-order valence-corrected chi connectivity index (χ4v) is 2.84. The van der Waals surface area contributed by atoms with E-state index in [4.69, 9.17) is 5.73 Å². The molecule has 17 heavy (non-hydrogen) atoms. The van der Waals surface area contributed by atoms with E-state index < -0.39 is 0 Å². The topological polar surface area (TPSA) is 63.4 Å². The lowest BCUT2D eigenvalue weighted by atomic mass is 9.93. The molecular formula is C12H16N2O2S. The fraction of sp³-hybridized carbons (Fsp3) is 0.500. The molecule has 0 saturated carbocycles. The van der Waals surface area contributed by atoms with Crippen molar-refractivity contribution in [3.63, 3.8) is 0 Å². The van der Waals surface area contributed by atoms with Crippen molar-refractivity contribution in [2.24, 2.45) is 11.7 Å². The van der Waals surface area contributed by atoms with Gasteiger partial charge in [0.05, 0.1) is 10.8 Å². The van der Waals surface area contributed by atoms with E-state index >= 15 is 0 Å². The minimum absolute atomic E-state index is 0.0125. The number of carbonyl (C=O) groups excluding carboxylic acids is 2. The maximum Gasteiger partial charge on any atom is 0.264 e. The molecule has 0 bridgehead atoms. The van der Waals surface area contributed by atoms with Crippen molar-refractivity contribution in [2.75, 3.05) is 6.54 Å². The number of nitrogens with zero attached hydrogens (tertiary/aromatic N) is 1. The quantitative estimate of drug-likeness (QED) is 0.866. The van der Waals surface area contributed by atoms with Crippen molar-refractivity contribution in [3.8, 4) is 0 Å². The summed E-state index contributed by atoms with van der Waals surface area (Å²) in [6, 6.07) is 3.85. The predicted molar refractivity (Wildman–Crippen MR) is 66.7 cm³/mol. The van der Waals surface area contributed by atoms with E-state index in [1.54, 1.807) is 4.90 Å². The fourth-order valence-electron chi connectivity index (χ4n) is 2.16. The van der Waals surface area contributed by atoms with Crippen molar-refractivity contribution in [3.05, 3.63) is 22.4 Å². The number of hydrogen-bond donors (Lipinski definition) is 1. The molecular weight excluding hydrogens is 236 g/mol. The van der Waals surface area contributed by atoms with Crippen LogP contribution in [-0.2, 0) is 4.79 Å². The van der Waals surface area contributed by atoms with Gasteiger partial charge in [0.25, 0.3) is 5.91 Å². The number of hydrogen-bond acceptors (Lipinski definition) is 3. The van der Waals surface area contributed by atoms with Crippen LogP contribution in [0.15, 0.2) is 17.5 Å². The second kappa shape index (κ2) is 4.87. The van der Waals surface area contributed by atoms with E-state index in [2.05, 4.69) is 0 Å². The Morgan fingerprint density at radius 1 is 1.47 bits per heavy atom. The van der Waals surface area contributed by atoms with Crippen molar-refractivity contribution in [1.82, 2.24) is 4.90 Å². The molecule has 92 valence electrons. The molecule has 1 fully saturated rings. The first kappa shape index (κ1) is 12.1. The highest BCUT2D eigenvalue weighted by Gasteiger charge is 2.32. The second-order valence-electron chi connectivity index (χ2n) is 4.46. The number of rotatable bonds is 2. The van der Waals surface area contributed by atoms with E-state index in [9.17, 15) is 9.59 Å². The Morgan fingerprint density at radius 3 is 2.82 bits per heavy atom. The highest BCUT2D eigenvalue weighted by Crippen LogP contribution is 2.24. The molecule has 2 amide bonds. The van der Waals surface area contributed by atoms with Crippen molar-refractivity contribution < 1.29 is 9.59 Å². The molecule has 1 saturated heterocycles. The summed E-state index contributed by atoms with van der Waals surface area (Å²) < 4.78 is 0. The van der Waals surface area contributed by atoms with Crippen LogP contribution in [0.25, 0.3) is 0 Å². The second-order valence-corrected chi connectivity index (χ2v) is 5.41. The summed E-state index contributed by atoms with van der Waals surface area (Å²) in [5.41, 5.74) is 5.32. The number of likely N-dealkylation sites (tertiary alicyclic amines) is 1. The van der Waals surface area contributed by atoms with Crippen LogP contribution in [0.4, 0.5) is 0 Å². The molecule has 5 heteroatoms. The van der Waals surface area contributed by atoms with E-state index in [1.165, 1.54) is 11.3 Å². The van der Waals surface area contributed by atoms with Gasteiger partial charge in [-0.25, -0.2) is 0 Å². The predicted octanol–water partition coefficient (Wildman–Crippen LogP) is 1.47. The summed E-state index contributed by atoms with van der Waals surface area (Å²) in [6.07, 6.45) is 1.62. The summed E-state index contributed by atoms with van der Waals surface area (Å²) >= 11 is 1.43. The summed E-state index contributed by atoms with van der Waals surface area (Å²) in [5, 5.41) is 1.88. The van der Waals surface area contributed by atoms with Crippen LogP contribution in [-0.4, -0.2) is 29.3 Å². The molecule has 0 radical (unpaired) electrons. The normalized spacial score (nSPS) is 24.6. The van der Waals surface area contributed by atoms with E-state index in [0.717, 1.165) is 17.7 Å². The maximum absolute atomic E-state index is 12.2. The number of primary amides is 1. The Hall–Kier alpha value is -1.36. The summed E-state index contributed by atoms with van der Waals surface area (Å²) in [5.74, 6) is -0.491. The van der Waals surface area contributed by atoms with E-state index in [0.29, 0.717) is 6.54 Å². The lowest BCUT2D eigenvalue weighted by molar-refractivity contribution is -0.123. The van der Waals surface area contributed by atoms with Crippen molar-refractivity contribution in [2.45, 2.75) is 25.8 Å². The molecule has 1 aliphatic rings. The standard InChI is InChI=1S/C12H16N2O2S/c1-8-4-5-9(11(13)15)7-14(8)12(16)10-3-2-6-17-10/h2-3,6,8-9H,4-5,7H2,1H3,(H2,13,15). The Kier molecular flexibility index (Phi) is 3.47. The van der Waals surface area contributed by atoms with Gasteiger partial charge in [-0.05, 0) is 31.2 Å². The molecule has 2 N–H and O–H groups in total. The average Bonchev–Trinajstić information content (AvgIpc) is 2.81. The molecule has 1 aliphatic heterocycles. The van der Waals surface area contributed by atoms with Crippen LogP contribution >= 0.6 is 11.3 Å². The monoisotopic (exact) mass is 252 g/mol. The average molecular weight is 252 g/mol. The minimum Gasteiger partial charge on any atom is -0.369 e. The van der Waals surface area contributed by atoms with Crippen LogP contribution in [0.1, 0.15) is 29.4 Å². The van der Waals surface area contributed by atoms with Crippen LogP contribution in [0.2, 0.25) is 0 Å². The lowest BCUT2D eigenvalue weighted by Crippen LogP contribution is -2.48. The number of carbonyl (C=O) groups is 2. The van der Waals surface area contributed by atoms with Gasteiger partial charge in [0.15, 0.2) is 0 Å². The maximum atomic E-state index is 12.2. The van der Waals surface area contributed by atoms with Gasteiger partial charge >= 0.3 is 0 Å². The van der Waals surface area contributed by atoms with Crippen LogP contribution < -0.4 is 5.73 Å². The number of piperidine rings is 1. The van der Waals surface area contributed by atoms with Crippen LogP contribution in [0.3, 0.4) is 0 Å². The number of nitrogens with two attached hydrogens (primary N) is 1. The molecule has 2 unspecified atom stereocenters. The molecule has 0 spiro atoms. The highest BCUT2D eigenvalue weighted by molar-refractivity contribution is 7.12. The molecule has 1 aromatic heterocycles. The Bertz CT molecular complexity index is 416. The van der Waals surface area contributed by atoms with E-state index in [-0.39, 0.29) is 23.8 Å². The van der Waals surface area contributed by atoms with Crippen LogP contribution in [0, 0.1) is 5.92 Å². The van der Waals surface area contributed by atoms with Crippen molar-refractivity contribution in [1.29, 1.82) is 0 Å². The zero-order valence-corrected chi connectivity index (χ0v) is 10.6.